The molecule has 0 saturated carbocycles. The molecule has 3 rings (SSSR count). The topological polar surface area (TPSA) is 62.1 Å². The van der Waals surface area contributed by atoms with Crippen molar-refractivity contribution in [2.45, 2.75) is 13.3 Å². The molecular formula is C15H15ClN4O2. The molecule has 0 N–H and O–H groups in total. The predicted octanol–water partition coefficient (Wildman–Crippen LogP) is 3.05. The highest BCUT2D eigenvalue weighted by atomic mass is 35.5. The number of hydrogen-bond donors (Lipinski definition) is 0. The highest BCUT2D eigenvalue weighted by Gasteiger charge is 2.15. The summed E-state index contributed by atoms with van der Waals surface area (Å²) in [5.74, 6) is 2.77. The van der Waals surface area contributed by atoms with Gasteiger partial charge in [-0.05, 0) is 17.7 Å². The van der Waals surface area contributed by atoms with E-state index >= 15 is 0 Å². The van der Waals surface area contributed by atoms with Crippen LogP contribution in [0.1, 0.15) is 12.7 Å². The minimum Gasteiger partial charge on any atom is -0.493 e. The van der Waals surface area contributed by atoms with Gasteiger partial charge < -0.3 is 9.47 Å². The third-order valence-corrected chi connectivity index (χ3v) is 3.58. The Bertz CT molecular complexity index is 832. The van der Waals surface area contributed by atoms with Gasteiger partial charge in [0.1, 0.15) is 5.82 Å². The van der Waals surface area contributed by atoms with Crippen molar-refractivity contribution >= 4 is 22.5 Å². The largest absolute Gasteiger partial charge is 0.493 e. The van der Waals surface area contributed by atoms with Crippen molar-refractivity contribution in [2.75, 3.05) is 14.2 Å². The lowest BCUT2D eigenvalue weighted by Gasteiger charge is -2.13. The van der Waals surface area contributed by atoms with Crippen LogP contribution in [-0.2, 0) is 6.42 Å². The normalized spacial score (nSPS) is 10.9. The average molecular weight is 319 g/mol. The summed E-state index contributed by atoms with van der Waals surface area (Å²) >= 11 is 6.08. The van der Waals surface area contributed by atoms with E-state index in [2.05, 4.69) is 15.0 Å². The fourth-order valence-corrected chi connectivity index (χ4v) is 2.56. The first-order valence-electron chi connectivity index (χ1n) is 6.79. The fourth-order valence-electron chi connectivity index (χ4n) is 2.38. The van der Waals surface area contributed by atoms with Crippen LogP contribution >= 0.6 is 11.6 Å². The number of fused-ring (bicyclic) bond motifs is 1. The van der Waals surface area contributed by atoms with Crippen molar-refractivity contribution < 1.29 is 9.47 Å². The second-order valence-electron chi connectivity index (χ2n) is 4.61. The standard InChI is InChI=1S/C15H15ClN4O2/c1-4-13-17-5-6-20(13)14-9-7-11(21-2)12(22-3)8-10(9)18-15(16)19-14/h5-8H,4H2,1-3H3. The molecule has 0 atom stereocenters. The summed E-state index contributed by atoms with van der Waals surface area (Å²) < 4.78 is 12.6. The van der Waals surface area contributed by atoms with Crippen LogP contribution in [-0.4, -0.2) is 33.7 Å². The lowest BCUT2D eigenvalue weighted by atomic mass is 10.2. The highest BCUT2D eigenvalue weighted by molar-refractivity contribution is 6.28. The molecule has 3 aromatic rings. The smallest absolute Gasteiger partial charge is 0.224 e. The van der Waals surface area contributed by atoms with Gasteiger partial charge in [0.15, 0.2) is 17.3 Å². The van der Waals surface area contributed by atoms with Crippen LogP contribution in [0.5, 0.6) is 11.5 Å². The van der Waals surface area contributed by atoms with Gasteiger partial charge in [-0.1, -0.05) is 6.92 Å². The van der Waals surface area contributed by atoms with Crippen molar-refractivity contribution in [3.05, 3.63) is 35.6 Å². The summed E-state index contributed by atoms with van der Waals surface area (Å²) in [6.07, 6.45) is 4.37. The Morgan fingerprint density at radius 3 is 2.55 bits per heavy atom. The van der Waals surface area contributed by atoms with E-state index < -0.39 is 0 Å². The first-order chi connectivity index (χ1) is 10.7. The van der Waals surface area contributed by atoms with Crippen LogP contribution in [0.4, 0.5) is 0 Å². The molecule has 0 amide bonds. The summed E-state index contributed by atoms with van der Waals surface area (Å²) in [6, 6.07) is 3.63. The van der Waals surface area contributed by atoms with Gasteiger partial charge in [0, 0.05) is 30.3 Å². The van der Waals surface area contributed by atoms with Gasteiger partial charge >= 0.3 is 0 Å². The fraction of sp³-hybridized carbons (Fsp3) is 0.267. The quantitative estimate of drug-likeness (QED) is 0.692. The lowest BCUT2D eigenvalue weighted by Crippen LogP contribution is -2.04. The molecule has 0 spiro atoms. The van der Waals surface area contributed by atoms with Crippen molar-refractivity contribution in [1.29, 1.82) is 0 Å². The Kier molecular flexibility index (Phi) is 3.85. The molecule has 1 aromatic carbocycles. The Morgan fingerprint density at radius 2 is 1.86 bits per heavy atom. The van der Waals surface area contributed by atoms with Gasteiger partial charge in [-0.15, -0.1) is 0 Å². The Hall–Kier alpha value is -2.34. The first-order valence-corrected chi connectivity index (χ1v) is 7.17. The minimum absolute atomic E-state index is 0.172. The van der Waals surface area contributed by atoms with Gasteiger partial charge in [-0.3, -0.25) is 4.57 Å². The molecule has 0 unspecified atom stereocenters. The Balaban J connectivity index is 2.34. The zero-order valence-electron chi connectivity index (χ0n) is 12.5. The molecule has 0 bridgehead atoms. The number of imidazole rings is 1. The number of benzene rings is 1. The number of hydrogen-bond acceptors (Lipinski definition) is 5. The molecule has 7 heteroatoms. The summed E-state index contributed by atoms with van der Waals surface area (Å²) in [4.78, 5) is 13.0. The molecule has 0 aliphatic carbocycles. The van der Waals surface area contributed by atoms with Crippen molar-refractivity contribution in [3.63, 3.8) is 0 Å². The molecule has 0 saturated heterocycles. The Morgan fingerprint density at radius 1 is 1.14 bits per heavy atom. The zero-order chi connectivity index (χ0) is 15.7. The van der Waals surface area contributed by atoms with Crippen LogP contribution in [0.3, 0.4) is 0 Å². The van der Waals surface area contributed by atoms with Gasteiger partial charge in [-0.25, -0.2) is 9.97 Å². The molecular weight excluding hydrogens is 304 g/mol. The number of halogens is 1. The lowest BCUT2D eigenvalue weighted by molar-refractivity contribution is 0.355. The number of aromatic nitrogens is 4. The van der Waals surface area contributed by atoms with Crippen molar-refractivity contribution in [2.24, 2.45) is 0 Å². The van der Waals surface area contributed by atoms with E-state index in [1.165, 1.54) is 0 Å². The van der Waals surface area contributed by atoms with E-state index in [0.717, 1.165) is 17.6 Å². The van der Waals surface area contributed by atoms with Crippen molar-refractivity contribution in [1.82, 2.24) is 19.5 Å². The molecule has 2 heterocycles. The van der Waals surface area contributed by atoms with Crippen molar-refractivity contribution in [3.8, 4) is 17.3 Å². The second-order valence-corrected chi connectivity index (χ2v) is 4.95. The van der Waals surface area contributed by atoms with Crippen LogP contribution in [0.25, 0.3) is 16.7 Å². The first kappa shape index (κ1) is 14.6. The van der Waals surface area contributed by atoms with E-state index in [1.807, 2.05) is 23.8 Å². The Labute approximate surface area is 132 Å². The molecule has 2 aromatic heterocycles. The second kappa shape index (κ2) is 5.81. The SMILES string of the molecule is CCc1nccn1-c1nc(Cl)nc2cc(OC)c(OC)cc12. The van der Waals surface area contributed by atoms with Gasteiger partial charge in [0.2, 0.25) is 5.28 Å². The molecule has 6 nitrogen and oxygen atoms in total. The van der Waals surface area contributed by atoms with E-state index in [9.17, 15) is 0 Å². The maximum absolute atomic E-state index is 6.08. The van der Waals surface area contributed by atoms with Crippen LogP contribution in [0, 0.1) is 0 Å². The molecule has 114 valence electrons. The maximum Gasteiger partial charge on any atom is 0.224 e. The maximum atomic E-state index is 6.08. The van der Waals surface area contributed by atoms with Gasteiger partial charge in [0.25, 0.3) is 0 Å². The molecule has 0 aliphatic rings. The average Bonchev–Trinajstić information content (AvgIpc) is 3.01. The van der Waals surface area contributed by atoms with E-state index in [4.69, 9.17) is 21.1 Å². The summed E-state index contributed by atoms with van der Waals surface area (Å²) in [7, 11) is 3.17. The van der Waals surface area contributed by atoms with Crippen LogP contribution < -0.4 is 9.47 Å². The molecule has 0 radical (unpaired) electrons. The van der Waals surface area contributed by atoms with Gasteiger partial charge in [0.05, 0.1) is 19.7 Å². The predicted molar refractivity (Wildman–Crippen MR) is 84.2 cm³/mol. The number of methoxy groups -OCH3 is 2. The summed E-state index contributed by atoms with van der Waals surface area (Å²) in [5, 5.41) is 0.986. The van der Waals surface area contributed by atoms with E-state index in [1.54, 1.807) is 26.5 Å². The summed E-state index contributed by atoms with van der Waals surface area (Å²) in [5.41, 5.74) is 0.684. The summed E-state index contributed by atoms with van der Waals surface area (Å²) in [6.45, 7) is 2.04. The van der Waals surface area contributed by atoms with E-state index in [-0.39, 0.29) is 5.28 Å². The monoisotopic (exact) mass is 318 g/mol. The number of ether oxygens (including phenoxy) is 2. The minimum atomic E-state index is 0.172. The molecule has 0 aliphatic heterocycles. The number of aryl methyl sites for hydroxylation is 1. The third kappa shape index (κ3) is 2.35. The number of rotatable bonds is 4. The number of nitrogens with zero attached hydrogens (tertiary/aromatic N) is 4. The molecule has 22 heavy (non-hydrogen) atoms. The molecule has 0 fully saturated rings. The van der Waals surface area contributed by atoms with E-state index in [0.29, 0.717) is 22.8 Å². The van der Waals surface area contributed by atoms with Crippen LogP contribution in [0.15, 0.2) is 24.5 Å². The third-order valence-electron chi connectivity index (χ3n) is 3.42. The van der Waals surface area contributed by atoms with Crippen LogP contribution in [0.2, 0.25) is 5.28 Å². The van der Waals surface area contributed by atoms with Gasteiger partial charge in [-0.2, -0.15) is 4.98 Å². The highest BCUT2D eigenvalue weighted by Crippen LogP contribution is 2.34. The zero-order valence-corrected chi connectivity index (χ0v) is 13.3.